The molecule has 13 heteroatoms. The number of ketones is 1. The first-order valence-corrected chi connectivity index (χ1v) is 37.2. The topological polar surface area (TPSA) is 233 Å². The van der Waals surface area contributed by atoms with Crippen LogP contribution in [-0.2, 0) is 33.5 Å². The molecule has 12 rings (SSSR count). The van der Waals surface area contributed by atoms with Crippen LogP contribution in [-0.4, -0.2) is 113 Å². The van der Waals surface area contributed by atoms with Crippen LogP contribution < -0.4 is 0 Å². The summed E-state index contributed by atoms with van der Waals surface area (Å²) in [5, 5.41) is 62.9. The third kappa shape index (κ3) is 12.5. The Labute approximate surface area is 565 Å². The zero-order chi connectivity index (χ0) is 69.1. The molecule has 5 unspecified atom stereocenters. The number of aldehydes is 4. The Balaban J connectivity index is 0.000000148. The van der Waals surface area contributed by atoms with Crippen LogP contribution in [0.1, 0.15) is 263 Å². The number of hydrogen-bond donors (Lipinski definition) is 6. The second-order valence-electron chi connectivity index (χ2n) is 36.9. The van der Waals surface area contributed by atoms with Crippen molar-refractivity contribution in [2.75, 3.05) is 26.9 Å². The van der Waals surface area contributed by atoms with Crippen LogP contribution in [0, 0.1) is 112 Å². The number of aliphatic hydroxyl groups excluding tert-OH is 6. The van der Waals surface area contributed by atoms with Crippen LogP contribution in [0.3, 0.4) is 0 Å². The molecule has 8 saturated carbocycles. The van der Waals surface area contributed by atoms with E-state index in [1.165, 1.54) is 64.9 Å². The molecule has 528 valence electrons. The van der Waals surface area contributed by atoms with Gasteiger partial charge in [-0.05, 0) is 242 Å². The number of carbonyl (C=O) groups is 6. The molecule has 13 nitrogen and oxygen atoms in total. The fourth-order valence-electron chi connectivity index (χ4n) is 26.2. The Morgan fingerprint density at radius 2 is 0.840 bits per heavy atom. The molecule has 94 heavy (non-hydrogen) atoms. The lowest BCUT2D eigenvalue weighted by molar-refractivity contribution is -0.181. The van der Waals surface area contributed by atoms with Gasteiger partial charge in [0.05, 0.1) is 61.5 Å². The molecule has 0 aromatic carbocycles. The standard InChI is InChI=1S/C21H32O4.C20H34O3.2C20H30O3/c1-19(2)9-5-10-20(3)15(19)8-11-21(13-22)16(20)7-6-14(12-17(21)23)18(24)25-4;3*1-18(2)8-4-9-19(3)15(18)7-10-20(13-22)16(19)6-5-14(12-21)11-17(20)23/h6,15-16,22H,5,7-13H2,1-4H3;5,15-17,21-23H,4,6-13H2,1-3H3;2*5,12-13,15-17,23H,4,6-11H2,1-3H3/t15?,16-,20+,21+;15?,16-,17?,19+,20+;15?,16-,17+,19+,20+;15?,16-,17-,19+,20+/m1111/s1. The molecule has 0 amide bonds. The van der Waals surface area contributed by atoms with Gasteiger partial charge in [0.15, 0.2) is 0 Å². The highest BCUT2D eigenvalue weighted by atomic mass is 16.5. The van der Waals surface area contributed by atoms with Crippen molar-refractivity contribution in [3.8, 4) is 0 Å². The SMILES string of the molecule is CC1(C)CCC[C@@]2(C)C1CC[C@@]1(C=O)[C@@H](O)CC(C=O)=CC[C@@H]12.CC1(C)CCC[C@@]2(C)C1CC[C@@]1(C=O)[C@H](O)CC(C=O)=CC[C@@H]12.CC1(C)CCC[C@@]2(C)C1CC[C@@]1(CO)C(O)CC(CO)=CC[C@@H]12.COC(=O)C1=CC[C@H]2[C@@](CO)(CCC3C(C)(C)CCC[C@@]32C)C(=O)C1. The Hall–Kier alpha value is -3.46. The minimum Gasteiger partial charge on any atom is -0.466 e. The molecule has 0 radical (unpaired) electrons. The van der Waals surface area contributed by atoms with Crippen molar-refractivity contribution >= 4 is 36.9 Å². The lowest BCUT2D eigenvalue weighted by Gasteiger charge is -2.63. The second kappa shape index (κ2) is 27.6. The third-order valence-electron chi connectivity index (χ3n) is 31.0. The minimum absolute atomic E-state index is 0.0247. The summed E-state index contributed by atoms with van der Waals surface area (Å²) in [5.41, 5.74) is 1.77. The minimum atomic E-state index is -0.730. The molecule has 0 spiro atoms. The van der Waals surface area contributed by atoms with Gasteiger partial charge in [0.2, 0.25) is 0 Å². The average Bonchev–Trinajstić information content (AvgIpc) is 1.03. The van der Waals surface area contributed by atoms with E-state index in [-0.39, 0.29) is 87.7 Å². The van der Waals surface area contributed by atoms with Crippen molar-refractivity contribution in [2.24, 2.45) is 112 Å². The number of carbonyl (C=O) groups excluding carboxylic acids is 6. The van der Waals surface area contributed by atoms with E-state index in [0.29, 0.717) is 77.4 Å². The first kappa shape index (κ1) is 74.8. The van der Waals surface area contributed by atoms with Crippen LogP contribution in [0.2, 0.25) is 0 Å². The fourth-order valence-corrected chi connectivity index (χ4v) is 26.2. The van der Waals surface area contributed by atoms with E-state index in [4.69, 9.17) is 4.74 Å². The second-order valence-corrected chi connectivity index (χ2v) is 36.9. The van der Waals surface area contributed by atoms with E-state index in [9.17, 15) is 59.4 Å². The summed E-state index contributed by atoms with van der Waals surface area (Å²) in [7, 11) is 1.36. The van der Waals surface area contributed by atoms with Crippen molar-refractivity contribution in [1.29, 1.82) is 0 Å². The van der Waals surface area contributed by atoms with Gasteiger partial charge in [-0.1, -0.05) is 133 Å². The van der Waals surface area contributed by atoms with E-state index < -0.39 is 45.9 Å². The highest BCUT2D eigenvalue weighted by molar-refractivity contribution is 5.98. The van der Waals surface area contributed by atoms with E-state index in [1.807, 2.05) is 18.2 Å². The largest absolute Gasteiger partial charge is 0.466 e. The maximum absolute atomic E-state index is 13.2. The Bertz CT molecular complexity index is 2830. The number of Topliss-reactive ketones (excluding diaryl/α,β-unsaturated/α-hetero) is 1. The maximum Gasteiger partial charge on any atom is 0.333 e. The van der Waals surface area contributed by atoms with Gasteiger partial charge in [-0.2, -0.15) is 0 Å². The quantitative estimate of drug-likeness (QED) is 0.0755. The van der Waals surface area contributed by atoms with Gasteiger partial charge in [0.25, 0.3) is 0 Å². The molecule has 12 aliphatic rings. The van der Waals surface area contributed by atoms with Crippen LogP contribution in [0.4, 0.5) is 0 Å². The predicted octanol–water partition coefficient (Wildman–Crippen LogP) is 14.3. The Kier molecular flexibility index (Phi) is 21.9. The van der Waals surface area contributed by atoms with Crippen molar-refractivity contribution in [1.82, 2.24) is 0 Å². The van der Waals surface area contributed by atoms with Gasteiger partial charge in [0, 0.05) is 30.3 Å². The molecule has 19 atom stereocenters. The van der Waals surface area contributed by atoms with Crippen molar-refractivity contribution < 1.29 is 64.1 Å². The average molecular weight is 1310 g/mol. The summed E-state index contributed by atoms with van der Waals surface area (Å²) < 4.78 is 4.86. The molecular weight excluding hydrogens is 1180 g/mol. The summed E-state index contributed by atoms with van der Waals surface area (Å²) in [6, 6.07) is 0. The van der Waals surface area contributed by atoms with Crippen molar-refractivity contribution in [2.45, 2.75) is 281 Å². The van der Waals surface area contributed by atoms with E-state index in [2.05, 4.69) is 89.2 Å². The Morgan fingerprint density at radius 1 is 0.457 bits per heavy atom. The van der Waals surface area contributed by atoms with Crippen molar-refractivity contribution in [3.63, 3.8) is 0 Å². The number of allylic oxidation sites excluding steroid dienone is 4. The number of rotatable bonds is 8. The molecule has 0 heterocycles. The molecular formula is C81H126O13. The van der Waals surface area contributed by atoms with Gasteiger partial charge < -0.3 is 45.0 Å². The molecule has 0 aromatic heterocycles. The first-order chi connectivity index (χ1) is 44.1. The number of fused-ring (bicyclic) bond motifs is 12. The monoisotopic (exact) mass is 1310 g/mol. The van der Waals surface area contributed by atoms with Crippen molar-refractivity contribution in [3.05, 3.63) is 46.6 Å². The molecule has 0 bridgehead atoms. The predicted molar refractivity (Wildman–Crippen MR) is 367 cm³/mol. The number of esters is 1. The molecule has 0 saturated heterocycles. The fraction of sp³-hybridized carbons (Fsp3) is 0.827. The Morgan fingerprint density at radius 3 is 1.22 bits per heavy atom. The highest BCUT2D eigenvalue weighted by Gasteiger charge is 2.66. The zero-order valence-corrected chi connectivity index (χ0v) is 60.4. The van der Waals surface area contributed by atoms with Crippen LogP contribution in [0.15, 0.2) is 46.6 Å². The van der Waals surface area contributed by atoms with Crippen LogP contribution >= 0.6 is 0 Å². The molecule has 12 aliphatic carbocycles. The lowest BCUT2D eigenvalue weighted by atomic mass is 9.42. The molecule has 0 aliphatic heterocycles. The van der Waals surface area contributed by atoms with Gasteiger partial charge >= 0.3 is 5.97 Å². The lowest BCUT2D eigenvalue weighted by Crippen LogP contribution is -2.59. The zero-order valence-electron chi connectivity index (χ0n) is 60.4. The van der Waals surface area contributed by atoms with Crippen LogP contribution in [0.5, 0.6) is 0 Å². The highest BCUT2D eigenvalue weighted by Crippen LogP contribution is 2.71. The summed E-state index contributed by atoms with van der Waals surface area (Å²) in [6.07, 6.45) is 35.7. The summed E-state index contributed by atoms with van der Waals surface area (Å²) in [5.74, 6) is 2.67. The summed E-state index contributed by atoms with van der Waals surface area (Å²) in [6.45, 7) is 28.4. The first-order valence-electron chi connectivity index (χ1n) is 37.2. The van der Waals surface area contributed by atoms with E-state index >= 15 is 0 Å². The van der Waals surface area contributed by atoms with Gasteiger partial charge in [-0.3, -0.25) is 14.4 Å². The third-order valence-corrected chi connectivity index (χ3v) is 31.0. The number of hydrogen-bond acceptors (Lipinski definition) is 13. The van der Waals surface area contributed by atoms with Crippen LogP contribution in [0.25, 0.3) is 0 Å². The smallest absolute Gasteiger partial charge is 0.333 e. The summed E-state index contributed by atoms with van der Waals surface area (Å²) >= 11 is 0. The van der Waals surface area contributed by atoms with E-state index in [1.54, 1.807) is 0 Å². The number of aliphatic hydroxyl groups is 6. The van der Waals surface area contributed by atoms with Gasteiger partial charge in [0.1, 0.15) is 30.9 Å². The molecule has 0 aromatic rings. The van der Waals surface area contributed by atoms with E-state index in [0.717, 1.165) is 121 Å². The maximum atomic E-state index is 13.2. The normalized spacial score (nSPS) is 44.5. The summed E-state index contributed by atoms with van der Waals surface area (Å²) in [4.78, 5) is 72.1. The number of ether oxygens (including phenoxy) is 1. The molecule has 8 fully saturated rings. The van der Waals surface area contributed by atoms with Gasteiger partial charge in [-0.25, -0.2) is 4.79 Å². The van der Waals surface area contributed by atoms with Gasteiger partial charge in [-0.15, -0.1) is 0 Å². The number of methoxy groups -OCH3 is 1. The molecule has 6 N–H and O–H groups in total.